The van der Waals surface area contributed by atoms with Gasteiger partial charge in [0.15, 0.2) is 5.69 Å². The van der Waals surface area contributed by atoms with E-state index in [9.17, 15) is 4.79 Å². The highest BCUT2D eigenvalue weighted by Crippen LogP contribution is 2.21. The molecule has 2 rings (SSSR count). The number of hydrogen-bond donors (Lipinski definition) is 2. The smallest absolute Gasteiger partial charge is 0.273 e. The molecule has 0 aliphatic rings. The Morgan fingerprint density at radius 3 is 2.73 bits per heavy atom. The van der Waals surface area contributed by atoms with Crippen LogP contribution < -0.4 is 11.1 Å². The highest BCUT2D eigenvalue weighted by Gasteiger charge is 2.30. The van der Waals surface area contributed by atoms with Crippen LogP contribution in [0.2, 0.25) is 0 Å². The molecule has 6 nitrogen and oxygen atoms in total. The first kappa shape index (κ1) is 16.2. The molecule has 0 saturated carbocycles. The fourth-order valence-corrected chi connectivity index (χ4v) is 1.99. The Morgan fingerprint density at radius 1 is 1.41 bits per heavy atom. The molecule has 0 saturated heterocycles. The van der Waals surface area contributed by atoms with Crippen molar-refractivity contribution in [1.29, 1.82) is 0 Å². The molecular formula is C16H21N3O3. The van der Waals surface area contributed by atoms with Crippen LogP contribution in [-0.2, 0) is 16.9 Å². The number of oxazole rings is 1. The van der Waals surface area contributed by atoms with Crippen molar-refractivity contribution in [3.05, 3.63) is 53.2 Å². The van der Waals surface area contributed by atoms with Gasteiger partial charge in [0, 0.05) is 7.05 Å². The lowest BCUT2D eigenvalue weighted by Crippen LogP contribution is -2.38. The van der Waals surface area contributed by atoms with Crippen LogP contribution >= 0.6 is 0 Å². The molecule has 1 atom stereocenters. The molecule has 0 fully saturated rings. The largest absolute Gasteiger partial charge is 0.443 e. The van der Waals surface area contributed by atoms with Crippen LogP contribution in [0.15, 0.2) is 34.7 Å². The summed E-state index contributed by atoms with van der Waals surface area (Å²) in [6.45, 7) is 4.13. The van der Waals surface area contributed by atoms with Gasteiger partial charge in [-0.05, 0) is 19.4 Å². The molecule has 118 valence electrons. The van der Waals surface area contributed by atoms with Gasteiger partial charge in [0.25, 0.3) is 5.91 Å². The number of nitrogens with one attached hydrogen (secondary N) is 1. The summed E-state index contributed by atoms with van der Waals surface area (Å²) in [6, 6.07) is 9.81. The van der Waals surface area contributed by atoms with E-state index in [1.807, 2.05) is 30.3 Å². The SMILES string of the molecule is CNC(=O)c1nc([C@@](C)(N)COCc2ccccc2)oc1C. The van der Waals surface area contributed by atoms with Gasteiger partial charge in [-0.1, -0.05) is 30.3 Å². The minimum Gasteiger partial charge on any atom is -0.443 e. The van der Waals surface area contributed by atoms with Crippen molar-refractivity contribution in [1.82, 2.24) is 10.3 Å². The molecule has 3 N–H and O–H groups in total. The van der Waals surface area contributed by atoms with Gasteiger partial charge in [0.05, 0.1) is 13.2 Å². The fourth-order valence-electron chi connectivity index (χ4n) is 1.99. The number of nitrogens with zero attached hydrogens (tertiary/aromatic N) is 1. The van der Waals surface area contributed by atoms with E-state index < -0.39 is 5.54 Å². The van der Waals surface area contributed by atoms with Crippen molar-refractivity contribution in [2.75, 3.05) is 13.7 Å². The third kappa shape index (κ3) is 3.72. The molecule has 1 heterocycles. The lowest BCUT2D eigenvalue weighted by atomic mass is 10.1. The van der Waals surface area contributed by atoms with Crippen molar-refractivity contribution < 1.29 is 13.9 Å². The molecule has 1 amide bonds. The van der Waals surface area contributed by atoms with Gasteiger partial charge < -0.3 is 20.2 Å². The molecule has 0 aliphatic heterocycles. The van der Waals surface area contributed by atoms with Gasteiger partial charge in [-0.25, -0.2) is 4.98 Å². The lowest BCUT2D eigenvalue weighted by molar-refractivity contribution is 0.0680. The number of ether oxygens (including phenoxy) is 1. The Hall–Kier alpha value is -2.18. The minimum absolute atomic E-state index is 0.231. The maximum Gasteiger partial charge on any atom is 0.273 e. The first-order valence-electron chi connectivity index (χ1n) is 7.04. The maximum absolute atomic E-state index is 11.7. The van der Waals surface area contributed by atoms with Crippen LogP contribution in [0.1, 0.15) is 34.6 Å². The van der Waals surface area contributed by atoms with E-state index in [0.29, 0.717) is 12.4 Å². The van der Waals surface area contributed by atoms with E-state index in [-0.39, 0.29) is 24.1 Å². The van der Waals surface area contributed by atoms with Crippen LogP contribution in [-0.4, -0.2) is 24.5 Å². The zero-order valence-corrected chi connectivity index (χ0v) is 13.1. The average molecular weight is 303 g/mol. The van der Waals surface area contributed by atoms with Crippen LogP contribution in [0, 0.1) is 6.92 Å². The molecule has 1 aromatic carbocycles. The Balaban J connectivity index is 2.02. The summed E-state index contributed by atoms with van der Waals surface area (Å²) in [5, 5.41) is 2.52. The molecule has 0 unspecified atom stereocenters. The third-order valence-electron chi connectivity index (χ3n) is 3.24. The number of hydrogen-bond acceptors (Lipinski definition) is 5. The average Bonchev–Trinajstić information content (AvgIpc) is 2.90. The van der Waals surface area contributed by atoms with Crippen molar-refractivity contribution in [3.8, 4) is 0 Å². The summed E-state index contributed by atoms with van der Waals surface area (Å²) in [6.07, 6.45) is 0. The Bertz CT molecular complexity index is 635. The summed E-state index contributed by atoms with van der Waals surface area (Å²) in [5.74, 6) is 0.430. The predicted octanol–water partition coefficient (Wildman–Crippen LogP) is 1.73. The van der Waals surface area contributed by atoms with Crippen molar-refractivity contribution in [3.63, 3.8) is 0 Å². The molecule has 0 bridgehead atoms. The fraction of sp³-hybridized carbons (Fsp3) is 0.375. The first-order chi connectivity index (χ1) is 10.4. The van der Waals surface area contributed by atoms with Crippen LogP contribution in [0.4, 0.5) is 0 Å². The molecule has 0 spiro atoms. The monoisotopic (exact) mass is 303 g/mol. The molecule has 0 radical (unpaired) electrons. The normalized spacial score (nSPS) is 13.6. The number of aromatic nitrogens is 1. The lowest BCUT2D eigenvalue weighted by Gasteiger charge is -2.20. The summed E-state index contributed by atoms with van der Waals surface area (Å²) < 4.78 is 11.2. The number of benzene rings is 1. The van der Waals surface area contributed by atoms with Gasteiger partial charge >= 0.3 is 0 Å². The van der Waals surface area contributed by atoms with Crippen molar-refractivity contribution in [2.24, 2.45) is 5.73 Å². The topological polar surface area (TPSA) is 90.4 Å². The molecule has 22 heavy (non-hydrogen) atoms. The minimum atomic E-state index is -0.911. The second-order valence-electron chi connectivity index (χ2n) is 5.40. The van der Waals surface area contributed by atoms with E-state index in [4.69, 9.17) is 14.9 Å². The van der Waals surface area contributed by atoms with Crippen LogP contribution in [0.3, 0.4) is 0 Å². The highest BCUT2D eigenvalue weighted by atomic mass is 16.5. The van der Waals surface area contributed by atoms with Gasteiger partial charge in [-0.2, -0.15) is 0 Å². The maximum atomic E-state index is 11.7. The van der Waals surface area contributed by atoms with Crippen LogP contribution in [0.5, 0.6) is 0 Å². The Labute approximate surface area is 129 Å². The molecule has 6 heteroatoms. The summed E-state index contributed by atoms with van der Waals surface area (Å²) in [7, 11) is 1.54. The van der Waals surface area contributed by atoms with E-state index in [0.717, 1.165) is 5.56 Å². The summed E-state index contributed by atoms with van der Waals surface area (Å²) >= 11 is 0. The van der Waals surface area contributed by atoms with E-state index in [1.165, 1.54) is 0 Å². The highest BCUT2D eigenvalue weighted by molar-refractivity contribution is 5.92. The van der Waals surface area contributed by atoms with E-state index in [1.54, 1.807) is 20.9 Å². The van der Waals surface area contributed by atoms with Gasteiger partial charge in [-0.15, -0.1) is 0 Å². The standard InChI is InChI=1S/C16H21N3O3/c1-11-13(14(20)18-3)19-15(22-11)16(2,17)10-21-9-12-7-5-4-6-8-12/h4-8H,9-10,17H2,1-3H3,(H,18,20)/t16-/m0/s1. The second-order valence-corrected chi connectivity index (χ2v) is 5.40. The number of rotatable bonds is 6. The van der Waals surface area contributed by atoms with Crippen molar-refractivity contribution >= 4 is 5.91 Å². The van der Waals surface area contributed by atoms with E-state index in [2.05, 4.69) is 10.3 Å². The van der Waals surface area contributed by atoms with Crippen LogP contribution in [0.25, 0.3) is 0 Å². The van der Waals surface area contributed by atoms with E-state index >= 15 is 0 Å². The zero-order valence-electron chi connectivity index (χ0n) is 13.1. The zero-order chi connectivity index (χ0) is 16.2. The number of carbonyl (C=O) groups is 1. The Kier molecular flexibility index (Phi) is 4.95. The summed E-state index contributed by atoms with van der Waals surface area (Å²) in [5.41, 5.74) is 6.61. The molecule has 0 aliphatic carbocycles. The third-order valence-corrected chi connectivity index (χ3v) is 3.24. The molecule has 1 aromatic heterocycles. The molecule has 2 aromatic rings. The second kappa shape index (κ2) is 6.72. The van der Waals surface area contributed by atoms with Crippen molar-refractivity contribution in [2.45, 2.75) is 26.0 Å². The number of amides is 1. The Morgan fingerprint density at radius 2 is 2.09 bits per heavy atom. The first-order valence-corrected chi connectivity index (χ1v) is 7.04. The number of nitrogens with two attached hydrogens (primary N) is 1. The summed E-state index contributed by atoms with van der Waals surface area (Å²) in [4.78, 5) is 15.9. The van der Waals surface area contributed by atoms with Gasteiger partial charge in [-0.3, -0.25) is 4.79 Å². The quantitative estimate of drug-likeness (QED) is 0.848. The predicted molar refractivity (Wildman–Crippen MR) is 82.3 cm³/mol. The van der Waals surface area contributed by atoms with Gasteiger partial charge in [0.1, 0.15) is 11.3 Å². The van der Waals surface area contributed by atoms with Gasteiger partial charge in [0.2, 0.25) is 5.89 Å². The molecular weight excluding hydrogens is 282 g/mol. The number of aryl methyl sites for hydroxylation is 1. The number of carbonyl (C=O) groups excluding carboxylic acids is 1.